The van der Waals surface area contributed by atoms with Crippen molar-refractivity contribution in [3.8, 4) is 0 Å². The largest absolute Gasteiger partial charge is 0.399 e. The van der Waals surface area contributed by atoms with Crippen LogP contribution < -0.4 is 11.1 Å². The number of hydrogen-bond donors (Lipinski definition) is 2. The first-order chi connectivity index (χ1) is 8.09. The number of hydrogen-bond acceptors (Lipinski definition) is 4. The molecule has 5 heteroatoms. The summed E-state index contributed by atoms with van der Waals surface area (Å²) in [7, 11) is 0. The molecule has 0 aliphatic heterocycles. The van der Waals surface area contributed by atoms with E-state index in [1.54, 1.807) is 12.1 Å². The van der Waals surface area contributed by atoms with E-state index in [9.17, 15) is 4.79 Å². The van der Waals surface area contributed by atoms with Gasteiger partial charge in [-0.25, -0.2) is 0 Å². The van der Waals surface area contributed by atoms with Gasteiger partial charge < -0.3 is 15.8 Å². The Balaban J connectivity index is 2.26. The molecule has 0 aliphatic carbocycles. The second kappa shape index (κ2) is 6.85. The molecule has 0 atom stereocenters. The van der Waals surface area contributed by atoms with Crippen molar-refractivity contribution in [1.29, 1.82) is 0 Å². The number of carbonyl (C=O) groups excluding carboxylic acids is 1. The maximum atomic E-state index is 11.6. The third kappa shape index (κ3) is 5.31. The maximum absolute atomic E-state index is 11.6. The second-order valence-electron chi connectivity index (χ2n) is 4.20. The van der Waals surface area contributed by atoms with Crippen LogP contribution in [0, 0.1) is 5.92 Å². The molecule has 0 bridgehead atoms. The lowest BCUT2D eigenvalue weighted by Gasteiger charge is -2.07. The Kier molecular flexibility index (Phi) is 5.42. The van der Waals surface area contributed by atoms with Crippen LogP contribution in [0.3, 0.4) is 0 Å². The lowest BCUT2D eigenvalue weighted by Crippen LogP contribution is -2.28. The molecule has 94 valence electrons. The number of nitrogen functional groups attached to an aromatic ring is 1. The molecule has 1 aromatic heterocycles. The highest BCUT2D eigenvalue weighted by Crippen LogP contribution is 2.02. The van der Waals surface area contributed by atoms with Crippen molar-refractivity contribution < 1.29 is 9.53 Å². The molecule has 1 rings (SSSR count). The molecule has 0 spiro atoms. The monoisotopic (exact) mass is 237 g/mol. The van der Waals surface area contributed by atoms with Crippen molar-refractivity contribution in [2.45, 2.75) is 13.8 Å². The minimum atomic E-state index is -0.231. The summed E-state index contributed by atoms with van der Waals surface area (Å²) in [5.41, 5.74) is 6.42. The fourth-order valence-corrected chi connectivity index (χ4v) is 1.22. The minimum Gasteiger partial charge on any atom is -0.399 e. The average molecular weight is 237 g/mol. The van der Waals surface area contributed by atoms with Crippen LogP contribution in [0.25, 0.3) is 0 Å². The van der Waals surface area contributed by atoms with Crippen molar-refractivity contribution in [3.63, 3.8) is 0 Å². The topological polar surface area (TPSA) is 77.2 Å². The summed E-state index contributed by atoms with van der Waals surface area (Å²) in [6, 6.07) is 3.19. The molecule has 0 fully saturated rings. The Hall–Kier alpha value is -1.62. The normalized spacial score (nSPS) is 10.5. The molecule has 1 amide bonds. The zero-order valence-electron chi connectivity index (χ0n) is 10.3. The summed E-state index contributed by atoms with van der Waals surface area (Å²) in [4.78, 5) is 15.5. The molecule has 1 aromatic rings. The van der Waals surface area contributed by atoms with E-state index < -0.39 is 0 Å². The lowest BCUT2D eigenvalue weighted by molar-refractivity contribution is 0.0882. The summed E-state index contributed by atoms with van der Waals surface area (Å²) >= 11 is 0. The fraction of sp³-hybridized carbons (Fsp3) is 0.500. The van der Waals surface area contributed by atoms with Gasteiger partial charge in [0.2, 0.25) is 0 Å². The van der Waals surface area contributed by atoms with Gasteiger partial charge in [0.15, 0.2) is 0 Å². The smallest absolute Gasteiger partial charge is 0.270 e. The van der Waals surface area contributed by atoms with Crippen LogP contribution in [0.5, 0.6) is 0 Å². The number of ether oxygens (including phenoxy) is 1. The predicted molar refractivity (Wildman–Crippen MR) is 66.6 cm³/mol. The van der Waals surface area contributed by atoms with Gasteiger partial charge in [-0.3, -0.25) is 9.78 Å². The molecule has 3 N–H and O–H groups in total. The molecular formula is C12H19N3O2. The summed E-state index contributed by atoms with van der Waals surface area (Å²) < 4.78 is 5.35. The van der Waals surface area contributed by atoms with E-state index in [2.05, 4.69) is 24.1 Å². The molecule has 0 saturated heterocycles. The molecule has 0 saturated carbocycles. The number of nitrogens with two attached hydrogens (primary N) is 1. The molecule has 1 heterocycles. The van der Waals surface area contributed by atoms with Crippen molar-refractivity contribution in [2.75, 3.05) is 25.5 Å². The van der Waals surface area contributed by atoms with Gasteiger partial charge >= 0.3 is 0 Å². The zero-order valence-corrected chi connectivity index (χ0v) is 10.3. The van der Waals surface area contributed by atoms with E-state index >= 15 is 0 Å². The number of nitrogens with zero attached hydrogens (tertiary/aromatic N) is 1. The molecular weight excluding hydrogens is 218 g/mol. The third-order valence-corrected chi connectivity index (χ3v) is 2.00. The number of pyridine rings is 1. The van der Waals surface area contributed by atoms with Gasteiger partial charge in [-0.05, 0) is 18.1 Å². The van der Waals surface area contributed by atoms with Crippen LogP contribution in [0.15, 0.2) is 18.3 Å². The van der Waals surface area contributed by atoms with Gasteiger partial charge in [-0.15, -0.1) is 0 Å². The van der Waals surface area contributed by atoms with Gasteiger partial charge in [0, 0.05) is 25.0 Å². The van der Waals surface area contributed by atoms with E-state index in [4.69, 9.17) is 10.5 Å². The van der Waals surface area contributed by atoms with E-state index in [1.807, 2.05) is 0 Å². The van der Waals surface area contributed by atoms with Crippen LogP contribution in [-0.2, 0) is 4.74 Å². The first-order valence-electron chi connectivity index (χ1n) is 5.67. The number of aromatic nitrogens is 1. The summed E-state index contributed by atoms with van der Waals surface area (Å²) in [5.74, 6) is 0.270. The van der Waals surface area contributed by atoms with Crippen LogP contribution >= 0.6 is 0 Å². The summed E-state index contributed by atoms with van der Waals surface area (Å²) in [5, 5.41) is 2.72. The van der Waals surface area contributed by atoms with Crippen molar-refractivity contribution in [3.05, 3.63) is 24.0 Å². The fourth-order valence-electron chi connectivity index (χ4n) is 1.22. The first-order valence-corrected chi connectivity index (χ1v) is 5.67. The van der Waals surface area contributed by atoms with Crippen molar-refractivity contribution >= 4 is 11.6 Å². The minimum absolute atomic E-state index is 0.231. The number of anilines is 1. The highest BCUT2D eigenvalue weighted by atomic mass is 16.5. The van der Waals surface area contributed by atoms with Crippen LogP contribution in [0.2, 0.25) is 0 Å². The number of nitrogens with one attached hydrogen (secondary N) is 1. The van der Waals surface area contributed by atoms with Gasteiger partial charge in [0.05, 0.1) is 6.61 Å². The number of carbonyl (C=O) groups is 1. The Morgan fingerprint density at radius 2 is 2.35 bits per heavy atom. The molecule has 0 radical (unpaired) electrons. The zero-order chi connectivity index (χ0) is 12.7. The van der Waals surface area contributed by atoms with Gasteiger partial charge in [-0.1, -0.05) is 13.8 Å². The van der Waals surface area contributed by atoms with E-state index in [-0.39, 0.29) is 5.91 Å². The standard InChI is InChI=1S/C12H19N3O2/c1-9(2)8-17-6-5-15-12(16)11-7-10(13)3-4-14-11/h3-4,7,9H,5-6,8H2,1-2H3,(H2,13,14)(H,15,16). The number of rotatable bonds is 6. The van der Waals surface area contributed by atoms with Crippen LogP contribution in [-0.4, -0.2) is 30.6 Å². The molecule has 17 heavy (non-hydrogen) atoms. The quantitative estimate of drug-likeness (QED) is 0.725. The van der Waals surface area contributed by atoms with Crippen molar-refractivity contribution in [2.24, 2.45) is 5.92 Å². The van der Waals surface area contributed by atoms with E-state index in [0.717, 1.165) is 0 Å². The van der Waals surface area contributed by atoms with E-state index in [0.29, 0.717) is 37.1 Å². The average Bonchev–Trinajstić information content (AvgIpc) is 2.28. The molecule has 0 unspecified atom stereocenters. The Labute approximate surface area is 101 Å². The molecule has 0 aliphatic rings. The first kappa shape index (κ1) is 13.4. The maximum Gasteiger partial charge on any atom is 0.270 e. The highest BCUT2D eigenvalue weighted by molar-refractivity contribution is 5.92. The van der Waals surface area contributed by atoms with Crippen molar-refractivity contribution in [1.82, 2.24) is 10.3 Å². The second-order valence-corrected chi connectivity index (χ2v) is 4.20. The Bertz CT molecular complexity index is 367. The number of amides is 1. The van der Waals surface area contributed by atoms with E-state index in [1.165, 1.54) is 6.20 Å². The lowest BCUT2D eigenvalue weighted by atomic mass is 10.2. The third-order valence-electron chi connectivity index (χ3n) is 2.00. The Morgan fingerprint density at radius 3 is 3.00 bits per heavy atom. The predicted octanol–water partition coefficient (Wildman–Crippen LogP) is 1.07. The van der Waals surface area contributed by atoms with Gasteiger partial charge in [0.1, 0.15) is 5.69 Å². The molecule has 0 aromatic carbocycles. The highest BCUT2D eigenvalue weighted by Gasteiger charge is 2.06. The van der Waals surface area contributed by atoms with Gasteiger partial charge in [-0.2, -0.15) is 0 Å². The molecule has 5 nitrogen and oxygen atoms in total. The SMILES string of the molecule is CC(C)COCCNC(=O)c1cc(N)ccn1. The summed E-state index contributed by atoms with van der Waals surface area (Å²) in [6.45, 7) is 5.84. The Morgan fingerprint density at radius 1 is 1.59 bits per heavy atom. The summed E-state index contributed by atoms with van der Waals surface area (Å²) in [6.07, 6.45) is 1.51. The van der Waals surface area contributed by atoms with Crippen LogP contribution in [0.4, 0.5) is 5.69 Å². The van der Waals surface area contributed by atoms with Gasteiger partial charge in [0.25, 0.3) is 5.91 Å². The van der Waals surface area contributed by atoms with Crippen LogP contribution in [0.1, 0.15) is 24.3 Å².